The molecule has 20 heavy (non-hydrogen) atoms. The molecule has 0 saturated carbocycles. The normalized spacial score (nSPS) is 10.9. The van der Waals surface area contributed by atoms with E-state index in [-0.39, 0.29) is 5.69 Å². The summed E-state index contributed by atoms with van der Waals surface area (Å²) in [6.45, 7) is -1.18. The van der Waals surface area contributed by atoms with E-state index in [2.05, 4.69) is 4.74 Å². The minimum absolute atomic E-state index is 0.219. The molecule has 1 amide bonds. The summed E-state index contributed by atoms with van der Waals surface area (Å²) in [4.78, 5) is 22.0. The Hall–Kier alpha value is -1.80. The van der Waals surface area contributed by atoms with Crippen LogP contribution in [0.1, 0.15) is 0 Å². The van der Waals surface area contributed by atoms with Crippen molar-refractivity contribution in [3.8, 4) is 0 Å². The molecule has 0 aliphatic carbocycles. The van der Waals surface area contributed by atoms with E-state index in [4.69, 9.17) is 17.3 Å². The highest BCUT2D eigenvalue weighted by Crippen LogP contribution is 2.21. The van der Waals surface area contributed by atoms with Crippen LogP contribution in [0.4, 0.5) is 5.69 Å². The lowest BCUT2D eigenvalue weighted by Crippen LogP contribution is -2.36. The summed E-state index contributed by atoms with van der Waals surface area (Å²) in [6, 6.07) is 5.99. The van der Waals surface area contributed by atoms with Crippen LogP contribution in [0.25, 0.3) is 0 Å². The molecule has 0 atom stereocenters. The van der Waals surface area contributed by atoms with Crippen molar-refractivity contribution in [2.75, 3.05) is 23.7 Å². The number of ether oxygens (including phenoxy) is 1. The minimum atomic E-state index is -3.71. The highest BCUT2D eigenvalue weighted by molar-refractivity contribution is 7.92. The van der Waals surface area contributed by atoms with E-state index >= 15 is 0 Å². The molecule has 0 aliphatic rings. The van der Waals surface area contributed by atoms with Crippen LogP contribution in [0.3, 0.4) is 0 Å². The number of hydrogen-bond acceptors (Lipinski definition) is 5. The molecular weight excluding hydrogens is 308 g/mol. The zero-order valence-corrected chi connectivity index (χ0v) is 12.1. The van der Waals surface area contributed by atoms with Gasteiger partial charge in [-0.2, -0.15) is 0 Å². The summed E-state index contributed by atoms with van der Waals surface area (Å²) < 4.78 is 28.8. The van der Waals surface area contributed by atoms with Gasteiger partial charge >= 0.3 is 5.97 Å². The quantitative estimate of drug-likeness (QED) is 0.750. The number of esters is 1. The summed E-state index contributed by atoms with van der Waals surface area (Å²) in [7, 11) is -3.71. The van der Waals surface area contributed by atoms with E-state index in [1.807, 2.05) is 0 Å². The lowest BCUT2D eigenvalue weighted by atomic mass is 10.3. The number of anilines is 1. The van der Waals surface area contributed by atoms with Crippen LogP contribution in [-0.4, -0.2) is 39.7 Å². The number of primary amides is 1. The Morgan fingerprint density at radius 1 is 1.40 bits per heavy atom. The molecule has 0 unspecified atom stereocenters. The van der Waals surface area contributed by atoms with Crippen LogP contribution in [0.2, 0.25) is 5.02 Å². The molecule has 2 N–H and O–H groups in total. The first-order valence-corrected chi connectivity index (χ1v) is 7.60. The number of amides is 1. The topological polar surface area (TPSA) is 107 Å². The second-order valence-corrected chi connectivity index (χ2v) is 6.22. The van der Waals surface area contributed by atoms with Gasteiger partial charge in [0, 0.05) is 5.02 Å². The molecule has 0 radical (unpaired) electrons. The van der Waals surface area contributed by atoms with E-state index in [9.17, 15) is 18.0 Å². The SMILES string of the molecule is CS(=O)(=O)N(CC(=O)OCC(N)=O)c1cccc(Cl)c1. The van der Waals surface area contributed by atoms with Gasteiger partial charge < -0.3 is 10.5 Å². The fraction of sp³-hybridized carbons (Fsp3) is 0.273. The Labute approximate surface area is 121 Å². The number of carbonyl (C=O) groups excluding carboxylic acids is 2. The number of rotatable bonds is 6. The van der Waals surface area contributed by atoms with E-state index in [0.29, 0.717) is 5.02 Å². The maximum atomic E-state index is 11.7. The minimum Gasteiger partial charge on any atom is -0.454 e. The van der Waals surface area contributed by atoms with Crippen LogP contribution in [-0.2, 0) is 24.3 Å². The molecule has 1 rings (SSSR count). The molecule has 1 aromatic carbocycles. The highest BCUT2D eigenvalue weighted by atomic mass is 35.5. The van der Waals surface area contributed by atoms with Crippen molar-refractivity contribution in [3.63, 3.8) is 0 Å². The van der Waals surface area contributed by atoms with Gasteiger partial charge in [-0.3, -0.25) is 13.9 Å². The van der Waals surface area contributed by atoms with Gasteiger partial charge in [-0.25, -0.2) is 8.42 Å². The number of nitrogens with two attached hydrogens (primary N) is 1. The zero-order valence-electron chi connectivity index (χ0n) is 10.6. The number of sulfonamides is 1. The van der Waals surface area contributed by atoms with Gasteiger partial charge in [-0.15, -0.1) is 0 Å². The first-order chi connectivity index (χ1) is 9.20. The molecule has 7 nitrogen and oxygen atoms in total. The number of carbonyl (C=O) groups is 2. The van der Waals surface area contributed by atoms with Crippen LogP contribution in [0.5, 0.6) is 0 Å². The smallest absolute Gasteiger partial charge is 0.327 e. The molecule has 9 heteroatoms. The van der Waals surface area contributed by atoms with Crippen molar-refractivity contribution in [3.05, 3.63) is 29.3 Å². The van der Waals surface area contributed by atoms with E-state index in [0.717, 1.165) is 10.6 Å². The van der Waals surface area contributed by atoms with Crippen molar-refractivity contribution in [1.82, 2.24) is 0 Å². The number of hydrogen-bond donors (Lipinski definition) is 1. The summed E-state index contributed by atoms with van der Waals surface area (Å²) in [5.74, 6) is -1.72. The standard InChI is InChI=1S/C11H13ClN2O5S/c1-20(17,18)14(6-11(16)19-7-10(13)15)9-4-2-3-8(12)5-9/h2-5H,6-7H2,1H3,(H2,13,15). The molecular formula is C11H13ClN2O5S. The van der Waals surface area contributed by atoms with Crippen molar-refractivity contribution in [2.45, 2.75) is 0 Å². The molecule has 0 spiro atoms. The number of halogens is 1. The Kier molecular flexibility index (Phi) is 5.34. The highest BCUT2D eigenvalue weighted by Gasteiger charge is 2.22. The van der Waals surface area contributed by atoms with Crippen molar-refractivity contribution >= 4 is 39.2 Å². The van der Waals surface area contributed by atoms with Gasteiger partial charge in [0.25, 0.3) is 5.91 Å². The van der Waals surface area contributed by atoms with E-state index in [1.54, 1.807) is 12.1 Å². The molecule has 0 heterocycles. The monoisotopic (exact) mass is 320 g/mol. The number of nitrogens with zero attached hydrogens (tertiary/aromatic N) is 1. The van der Waals surface area contributed by atoms with Gasteiger partial charge in [0.1, 0.15) is 6.54 Å². The van der Waals surface area contributed by atoms with Crippen molar-refractivity contribution < 1.29 is 22.7 Å². The van der Waals surface area contributed by atoms with Crippen LogP contribution in [0, 0.1) is 0 Å². The van der Waals surface area contributed by atoms with Crippen molar-refractivity contribution in [2.24, 2.45) is 5.73 Å². The Bertz CT molecular complexity index is 617. The van der Waals surface area contributed by atoms with Crippen LogP contribution >= 0.6 is 11.6 Å². The van der Waals surface area contributed by atoms with Gasteiger partial charge in [0.2, 0.25) is 10.0 Å². The molecule has 0 saturated heterocycles. The van der Waals surface area contributed by atoms with Crippen molar-refractivity contribution in [1.29, 1.82) is 0 Å². The largest absolute Gasteiger partial charge is 0.454 e. The van der Waals surface area contributed by atoms with Gasteiger partial charge in [0.15, 0.2) is 6.61 Å². The summed E-state index contributed by atoms with van der Waals surface area (Å²) in [6.07, 6.45) is 0.940. The molecule has 0 aliphatic heterocycles. The molecule has 1 aromatic rings. The predicted octanol–water partition coefficient (Wildman–Crippen LogP) is 0.134. The Morgan fingerprint density at radius 3 is 2.55 bits per heavy atom. The average Bonchev–Trinajstić information content (AvgIpc) is 2.32. The predicted molar refractivity (Wildman–Crippen MR) is 73.8 cm³/mol. The third kappa shape index (κ3) is 5.06. The van der Waals surface area contributed by atoms with Crippen LogP contribution in [0.15, 0.2) is 24.3 Å². The summed E-state index contributed by atoms with van der Waals surface area (Å²) in [5.41, 5.74) is 5.04. The summed E-state index contributed by atoms with van der Waals surface area (Å²) >= 11 is 5.78. The molecule has 0 fully saturated rings. The third-order valence-electron chi connectivity index (χ3n) is 2.14. The second-order valence-electron chi connectivity index (χ2n) is 3.88. The fourth-order valence-corrected chi connectivity index (χ4v) is 2.37. The van der Waals surface area contributed by atoms with Gasteiger partial charge in [-0.1, -0.05) is 17.7 Å². The Balaban J connectivity index is 2.92. The summed E-state index contributed by atoms with van der Waals surface area (Å²) in [5, 5.41) is 0.321. The third-order valence-corrected chi connectivity index (χ3v) is 3.52. The van der Waals surface area contributed by atoms with Gasteiger partial charge in [0.05, 0.1) is 11.9 Å². The molecule has 110 valence electrons. The molecule has 0 aromatic heterocycles. The van der Waals surface area contributed by atoms with E-state index < -0.39 is 35.1 Å². The zero-order chi connectivity index (χ0) is 15.3. The maximum absolute atomic E-state index is 11.7. The molecule has 0 bridgehead atoms. The first kappa shape index (κ1) is 16.3. The second kappa shape index (κ2) is 6.58. The lowest BCUT2D eigenvalue weighted by Gasteiger charge is -2.21. The Morgan fingerprint density at radius 2 is 2.05 bits per heavy atom. The van der Waals surface area contributed by atoms with Gasteiger partial charge in [-0.05, 0) is 18.2 Å². The first-order valence-electron chi connectivity index (χ1n) is 5.37. The average molecular weight is 321 g/mol. The maximum Gasteiger partial charge on any atom is 0.327 e. The number of benzene rings is 1. The lowest BCUT2D eigenvalue weighted by molar-refractivity contribution is -0.146. The van der Waals surface area contributed by atoms with Crippen LogP contribution < -0.4 is 10.0 Å². The fourth-order valence-electron chi connectivity index (χ4n) is 1.35. The van der Waals surface area contributed by atoms with E-state index in [1.165, 1.54) is 12.1 Å².